The van der Waals surface area contributed by atoms with E-state index in [1.807, 2.05) is 42.6 Å². The van der Waals surface area contributed by atoms with Gasteiger partial charge in [0, 0.05) is 56.0 Å². The minimum atomic E-state index is -0.635. The minimum Gasteiger partial charge on any atom is -0.460 e. The van der Waals surface area contributed by atoms with Gasteiger partial charge in [-0.05, 0) is 80.5 Å². The van der Waals surface area contributed by atoms with Gasteiger partial charge in [0.15, 0.2) is 5.65 Å². The van der Waals surface area contributed by atoms with Crippen LogP contribution in [0.1, 0.15) is 78.1 Å². The number of aromatic nitrogens is 4. The normalized spacial score (nSPS) is 17.5. The highest BCUT2D eigenvalue weighted by Crippen LogP contribution is 2.30. The molecule has 2 saturated heterocycles. The standard InChI is InChI=1S/C41H51N9O7/c1-3-6-29-24-43-50-37(29)46-41(57-31-16-18-48(2)19-17-31)47-40(50)42-23-27-10-12-30(13-11-27)44-36(52)26-56-22-21-55-20-5-8-28-7-4-9-32-33(28)25-49(39(32)54)34-14-15-35(51)45-38(34)53/h4,7,9-13,24,31,34H,3,5-6,8,14-23,25-26H2,1-2H3,(H,44,52)(H,42,46,47)(H,45,51,53). The van der Waals surface area contributed by atoms with Gasteiger partial charge in [-0.1, -0.05) is 37.6 Å². The van der Waals surface area contributed by atoms with Crippen LogP contribution in [0.25, 0.3) is 5.65 Å². The molecule has 57 heavy (non-hydrogen) atoms. The first-order chi connectivity index (χ1) is 27.7. The average molecular weight is 782 g/mol. The number of benzene rings is 2. The van der Waals surface area contributed by atoms with Gasteiger partial charge in [0.2, 0.25) is 23.7 Å². The molecule has 1 unspecified atom stereocenters. The van der Waals surface area contributed by atoms with Crippen molar-refractivity contribution in [2.45, 2.75) is 83.5 Å². The van der Waals surface area contributed by atoms with Crippen molar-refractivity contribution in [1.29, 1.82) is 0 Å². The van der Waals surface area contributed by atoms with Crippen LogP contribution in [0.2, 0.25) is 0 Å². The number of nitrogens with zero attached hydrogens (tertiary/aromatic N) is 6. The molecule has 2 aromatic heterocycles. The molecule has 0 radical (unpaired) electrons. The van der Waals surface area contributed by atoms with Gasteiger partial charge in [-0.15, -0.1) is 0 Å². The predicted octanol–water partition coefficient (Wildman–Crippen LogP) is 3.53. The number of rotatable bonds is 18. The Labute approximate surface area is 331 Å². The summed E-state index contributed by atoms with van der Waals surface area (Å²) in [5.74, 6) is -0.602. The number of amides is 4. The lowest BCUT2D eigenvalue weighted by molar-refractivity contribution is -0.137. The number of likely N-dealkylation sites (tertiary alicyclic amines) is 1. The highest BCUT2D eigenvalue weighted by molar-refractivity contribution is 6.05. The summed E-state index contributed by atoms with van der Waals surface area (Å²) in [6.45, 7) is 5.92. The Morgan fingerprint density at radius 3 is 2.54 bits per heavy atom. The van der Waals surface area contributed by atoms with E-state index in [-0.39, 0.29) is 43.5 Å². The molecule has 3 aliphatic heterocycles. The van der Waals surface area contributed by atoms with E-state index in [0.29, 0.717) is 62.4 Å². The monoisotopic (exact) mass is 781 g/mol. The summed E-state index contributed by atoms with van der Waals surface area (Å²) in [4.78, 5) is 62.9. The number of imide groups is 1. The van der Waals surface area contributed by atoms with Crippen LogP contribution in [0, 0.1) is 0 Å². The van der Waals surface area contributed by atoms with Crippen LogP contribution < -0.4 is 20.7 Å². The van der Waals surface area contributed by atoms with Crippen molar-refractivity contribution in [3.63, 3.8) is 0 Å². The molecule has 4 amide bonds. The van der Waals surface area contributed by atoms with Gasteiger partial charge in [-0.25, -0.2) is 0 Å². The third-order valence-corrected chi connectivity index (χ3v) is 10.6. The van der Waals surface area contributed by atoms with E-state index in [1.54, 1.807) is 15.5 Å². The van der Waals surface area contributed by atoms with Gasteiger partial charge in [0.1, 0.15) is 18.8 Å². The third-order valence-electron chi connectivity index (χ3n) is 10.6. The molecule has 0 spiro atoms. The van der Waals surface area contributed by atoms with Crippen LogP contribution in [0.3, 0.4) is 0 Å². The van der Waals surface area contributed by atoms with E-state index in [0.717, 1.165) is 73.1 Å². The second-order valence-corrected chi connectivity index (χ2v) is 14.8. The summed E-state index contributed by atoms with van der Waals surface area (Å²) < 4.78 is 19.3. The molecule has 1 atom stereocenters. The first kappa shape index (κ1) is 39.8. The summed E-state index contributed by atoms with van der Waals surface area (Å²) in [7, 11) is 2.12. The van der Waals surface area contributed by atoms with Gasteiger partial charge in [-0.2, -0.15) is 19.6 Å². The molecule has 7 rings (SSSR count). The zero-order chi connectivity index (χ0) is 39.7. The number of hydrogen-bond acceptors (Lipinski definition) is 12. The summed E-state index contributed by atoms with van der Waals surface area (Å²) in [6, 6.07) is 12.9. The summed E-state index contributed by atoms with van der Waals surface area (Å²) in [6.07, 6.45) is 7.62. The molecule has 3 N–H and O–H groups in total. The maximum atomic E-state index is 13.1. The van der Waals surface area contributed by atoms with Gasteiger partial charge in [-0.3, -0.25) is 24.5 Å². The number of anilines is 2. The molecule has 5 heterocycles. The number of carbonyl (C=O) groups excluding carboxylic acids is 4. The Morgan fingerprint density at radius 2 is 1.75 bits per heavy atom. The van der Waals surface area contributed by atoms with Crippen LogP contribution in [-0.2, 0) is 49.8 Å². The van der Waals surface area contributed by atoms with Crippen LogP contribution in [0.5, 0.6) is 6.01 Å². The lowest BCUT2D eigenvalue weighted by Gasteiger charge is -2.29. The van der Waals surface area contributed by atoms with Crippen molar-refractivity contribution in [2.24, 2.45) is 0 Å². The number of piperidine rings is 2. The maximum absolute atomic E-state index is 13.1. The molecule has 16 nitrogen and oxygen atoms in total. The van der Waals surface area contributed by atoms with Crippen molar-refractivity contribution in [3.8, 4) is 6.01 Å². The molecule has 0 saturated carbocycles. The largest absolute Gasteiger partial charge is 0.460 e. The van der Waals surface area contributed by atoms with Crippen LogP contribution in [-0.4, -0.2) is 112 Å². The quantitative estimate of drug-likeness (QED) is 0.0989. The second-order valence-electron chi connectivity index (χ2n) is 14.8. The van der Waals surface area contributed by atoms with Gasteiger partial charge >= 0.3 is 6.01 Å². The molecular formula is C41H51N9O7. The fourth-order valence-corrected chi connectivity index (χ4v) is 7.49. The molecule has 0 bridgehead atoms. The van der Waals surface area contributed by atoms with Crippen molar-refractivity contribution in [3.05, 3.63) is 76.5 Å². The molecule has 2 aromatic carbocycles. The Hall–Kier alpha value is -5.45. The smallest absolute Gasteiger partial charge is 0.322 e. The van der Waals surface area contributed by atoms with Crippen molar-refractivity contribution < 1.29 is 33.4 Å². The Kier molecular flexibility index (Phi) is 13.0. The number of nitrogens with one attached hydrogen (secondary N) is 3. The van der Waals surface area contributed by atoms with Crippen LogP contribution in [0.15, 0.2) is 48.7 Å². The van der Waals surface area contributed by atoms with E-state index < -0.39 is 11.9 Å². The Morgan fingerprint density at radius 1 is 0.947 bits per heavy atom. The topological polar surface area (TPSA) is 182 Å². The first-order valence-electron chi connectivity index (χ1n) is 19.9. The summed E-state index contributed by atoms with van der Waals surface area (Å²) >= 11 is 0. The molecule has 2 fully saturated rings. The molecule has 302 valence electrons. The SMILES string of the molecule is CCCc1cnn2c(NCc3ccc(NC(=O)COCCOCCCc4cccc5c4CN(C4CCC(=O)NC4=O)C5=O)cc3)nc(OC3CCN(C)CC3)nc12. The van der Waals surface area contributed by atoms with Crippen LogP contribution in [0.4, 0.5) is 11.6 Å². The zero-order valence-electron chi connectivity index (χ0n) is 32.6. The van der Waals surface area contributed by atoms with Crippen molar-refractivity contribution in [2.75, 3.05) is 57.2 Å². The van der Waals surface area contributed by atoms with E-state index in [2.05, 4.69) is 39.9 Å². The third kappa shape index (κ3) is 9.93. The van der Waals surface area contributed by atoms with Crippen molar-refractivity contribution in [1.82, 2.24) is 34.7 Å². The predicted molar refractivity (Wildman–Crippen MR) is 211 cm³/mol. The highest BCUT2D eigenvalue weighted by atomic mass is 16.5. The summed E-state index contributed by atoms with van der Waals surface area (Å²) in [5, 5.41) is 13.2. The Bertz CT molecular complexity index is 2060. The number of ether oxygens (including phenoxy) is 3. The zero-order valence-corrected chi connectivity index (χ0v) is 32.6. The fourth-order valence-electron chi connectivity index (χ4n) is 7.49. The molecule has 0 aliphatic carbocycles. The maximum Gasteiger partial charge on any atom is 0.322 e. The number of fused-ring (bicyclic) bond motifs is 2. The number of aryl methyl sites for hydroxylation is 2. The van der Waals surface area contributed by atoms with Gasteiger partial charge < -0.3 is 34.6 Å². The first-order valence-corrected chi connectivity index (χ1v) is 19.9. The van der Waals surface area contributed by atoms with E-state index in [1.165, 1.54) is 0 Å². The van der Waals surface area contributed by atoms with Crippen LogP contribution >= 0.6 is 0 Å². The lowest BCUT2D eigenvalue weighted by Crippen LogP contribution is -2.52. The van der Waals surface area contributed by atoms with E-state index in [9.17, 15) is 19.2 Å². The molecule has 16 heteroatoms. The van der Waals surface area contributed by atoms with Crippen molar-refractivity contribution >= 4 is 40.9 Å². The summed E-state index contributed by atoms with van der Waals surface area (Å²) in [5.41, 5.74) is 6.03. The molecule has 3 aliphatic rings. The highest BCUT2D eigenvalue weighted by Gasteiger charge is 2.39. The molecule has 4 aromatic rings. The minimum absolute atomic E-state index is 0.0771. The average Bonchev–Trinajstić information content (AvgIpc) is 3.77. The van der Waals surface area contributed by atoms with E-state index in [4.69, 9.17) is 24.2 Å². The van der Waals surface area contributed by atoms with Gasteiger partial charge in [0.25, 0.3) is 5.91 Å². The number of hydrogen-bond donors (Lipinski definition) is 3. The Balaban J connectivity index is 0.806. The lowest BCUT2D eigenvalue weighted by atomic mass is 10.00. The number of carbonyl (C=O) groups is 4. The fraction of sp³-hybridized carbons (Fsp3) is 0.488. The van der Waals surface area contributed by atoms with E-state index >= 15 is 0 Å². The van der Waals surface area contributed by atoms with Gasteiger partial charge in [0.05, 0.1) is 19.4 Å². The molecular weight excluding hydrogens is 731 g/mol. The second kappa shape index (κ2) is 18.7.